The molecule has 0 saturated carbocycles. The van der Waals surface area contributed by atoms with E-state index in [9.17, 15) is 9.59 Å². The molecule has 2 N–H and O–H groups in total. The minimum absolute atomic E-state index is 0.00610. The monoisotopic (exact) mass is 415 g/mol. The summed E-state index contributed by atoms with van der Waals surface area (Å²) in [5.41, 5.74) is 0.204. The minimum Gasteiger partial charge on any atom is -0.493 e. The van der Waals surface area contributed by atoms with Gasteiger partial charge in [-0.05, 0) is 36.2 Å². The number of amides is 1. The number of carboxylic acids is 1. The third-order valence-electron chi connectivity index (χ3n) is 3.29. The average molecular weight is 417 g/mol. The number of ether oxygens (including phenoxy) is 1. The molecule has 0 aliphatic heterocycles. The molecular formula is C18H16Cl3NO4. The Bertz CT molecular complexity index is 829. The van der Waals surface area contributed by atoms with E-state index >= 15 is 0 Å². The van der Waals surface area contributed by atoms with Crippen LogP contribution in [0.2, 0.25) is 15.1 Å². The van der Waals surface area contributed by atoms with Crippen LogP contribution < -0.4 is 10.1 Å². The predicted octanol–water partition coefficient (Wildman–Crippen LogP) is 5.63. The molecule has 138 valence electrons. The van der Waals surface area contributed by atoms with Gasteiger partial charge in [-0.2, -0.15) is 0 Å². The quantitative estimate of drug-likeness (QED) is 0.639. The second-order valence-corrected chi connectivity index (χ2v) is 7.14. The summed E-state index contributed by atoms with van der Waals surface area (Å²) in [4.78, 5) is 23.6. The fourth-order valence-corrected chi connectivity index (χ4v) is 2.81. The zero-order chi connectivity index (χ0) is 19.4. The van der Waals surface area contributed by atoms with Crippen molar-refractivity contribution < 1.29 is 19.4 Å². The Labute approximate surface area is 165 Å². The highest BCUT2D eigenvalue weighted by atomic mass is 35.5. The van der Waals surface area contributed by atoms with Gasteiger partial charge in [-0.1, -0.05) is 48.7 Å². The Balaban J connectivity index is 2.27. The zero-order valence-electron chi connectivity index (χ0n) is 14.0. The van der Waals surface area contributed by atoms with E-state index in [0.717, 1.165) is 0 Å². The highest BCUT2D eigenvalue weighted by Crippen LogP contribution is 2.33. The van der Waals surface area contributed by atoms with Crippen LogP contribution in [0, 0.1) is 5.92 Å². The van der Waals surface area contributed by atoms with Crippen LogP contribution in [0.5, 0.6) is 5.75 Å². The summed E-state index contributed by atoms with van der Waals surface area (Å²) in [6.07, 6.45) is 0. The van der Waals surface area contributed by atoms with Crippen molar-refractivity contribution >= 4 is 52.4 Å². The summed E-state index contributed by atoms with van der Waals surface area (Å²) in [5.74, 6) is -0.887. The number of benzene rings is 2. The maximum absolute atomic E-state index is 12.6. The number of nitrogens with one attached hydrogen (secondary N) is 1. The van der Waals surface area contributed by atoms with E-state index in [1.54, 1.807) is 12.1 Å². The molecule has 0 aliphatic rings. The molecule has 8 heteroatoms. The summed E-state index contributed by atoms with van der Waals surface area (Å²) < 4.78 is 5.60. The molecule has 2 rings (SSSR count). The van der Waals surface area contributed by atoms with Crippen molar-refractivity contribution in [2.24, 2.45) is 5.92 Å². The van der Waals surface area contributed by atoms with Crippen molar-refractivity contribution in [2.45, 2.75) is 13.8 Å². The number of hydrogen-bond acceptors (Lipinski definition) is 3. The van der Waals surface area contributed by atoms with Crippen molar-refractivity contribution in [3.05, 3.63) is 56.5 Å². The third-order valence-corrected chi connectivity index (χ3v) is 4.22. The van der Waals surface area contributed by atoms with Gasteiger partial charge in [-0.25, -0.2) is 4.79 Å². The van der Waals surface area contributed by atoms with Crippen LogP contribution in [0.3, 0.4) is 0 Å². The van der Waals surface area contributed by atoms with Crippen molar-refractivity contribution in [1.29, 1.82) is 0 Å². The lowest BCUT2D eigenvalue weighted by molar-refractivity contribution is 0.0696. The van der Waals surface area contributed by atoms with Gasteiger partial charge >= 0.3 is 5.97 Å². The largest absolute Gasteiger partial charge is 0.493 e. The number of carboxylic acid groups (broad SMARTS) is 1. The second-order valence-electron chi connectivity index (χ2n) is 5.92. The number of halogens is 3. The summed E-state index contributed by atoms with van der Waals surface area (Å²) in [6, 6.07) is 7.16. The fourth-order valence-electron chi connectivity index (χ4n) is 2.03. The van der Waals surface area contributed by atoms with Crippen LogP contribution in [0.15, 0.2) is 30.3 Å². The van der Waals surface area contributed by atoms with Crippen LogP contribution in [0.4, 0.5) is 5.69 Å². The molecule has 5 nitrogen and oxygen atoms in total. The first-order chi connectivity index (χ1) is 12.2. The molecule has 0 atom stereocenters. The Morgan fingerprint density at radius 2 is 1.69 bits per heavy atom. The van der Waals surface area contributed by atoms with E-state index in [1.165, 1.54) is 18.2 Å². The van der Waals surface area contributed by atoms with Gasteiger partial charge < -0.3 is 15.2 Å². The van der Waals surface area contributed by atoms with Gasteiger partial charge in [-0.15, -0.1) is 0 Å². The Morgan fingerprint density at radius 3 is 2.23 bits per heavy atom. The molecule has 0 radical (unpaired) electrons. The van der Waals surface area contributed by atoms with Gasteiger partial charge in [0.25, 0.3) is 5.91 Å². The highest BCUT2D eigenvalue weighted by Gasteiger charge is 2.18. The molecule has 0 unspecified atom stereocenters. The van der Waals surface area contributed by atoms with Crippen molar-refractivity contribution in [1.82, 2.24) is 0 Å². The number of anilines is 1. The molecule has 0 saturated heterocycles. The maximum Gasteiger partial charge on any atom is 0.335 e. The molecule has 0 aliphatic carbocycles. The third kappa shape index (κ3) is 5.04. The highest BCUT2D eigenvalue weighted by molar-refractivity contribution is 6.41. The molecule has 0 bridgehead atoms. The Kier molecular flexibility index (Phi) is 6.75. The first-order valence-electron chi connectivity index (χ1n) is 7.65. The minimum atomic E-state index is -1.18. The zero-order valence-corrected chi connectivity index (χ0v) is 16.2. The van der Waals surface area contributed by atoms with Crippen LogP contribution in [0.25, 0.3) is 0 Å². The summed E-state index contributed by atoms with van der Waals surface area (Å²) in [5, 5.41) is 11.8. The number of carbonyl (C=O) groups excluding carboxylic acids is 1. The molecule has 26 heavy (non-hydrogen) atoms. The molecular weight excluding hydrogens is 401 g/mol. The van der Waals surface area contributed by atoms with Crippen molar-refractivity contribution in [2.75, 3.05) is 11.9 Å². The lowest BCUT2D eigenvalue weighted by Gasteiger charge is -2.13. The van der Waals surface area contributed by atoms with Gasteiger partial charge in [0, 0.05) is 0 Å². The van der Waals surface area contributed by atoms with Crippen LogP contribution in [0.1, 0.15) is 34.6 Å². The summed E-state index contributed by atoms with van der Waals surface area (Å²) in [6.45, 7) is 4.51. The standard InChI is InChI=1S/C18H16Cl3NO4/c1-9(2)8-26-11-3-4-13(19)12(7-11)17(23)22-16-14(20)5-10(18(24)25)6-15(16)21/h3-7,9H,8H2,1-2H3,(H,22,23)(H,24,25). The maximum atomic E-state index is 12.6. The Morgan fingerprint density at radius 1 is 1.08 bits per heavy atom. The molecule has 2 aromatic rings. The van der Waals surface area contributed by atoms with E-state index in [4.69, 9.17) is 44.6 Å². The summed E-state index contributed by atoms with van der Waals surface area (Å²) in [7, 11) is 0. The average Bonchev–Trinajstić information content (AvgIpc) is 2.56. The molecule has 1 amide bonds. The van der Waals surface area contributed by atoms with Crippen LogP contribution in [-0.2, 0) is 0 Å². The van der Waals surface area contributed by atoms with Crippen LogP contribution in [-0.4, -0.2) is 23.6 Å². The number of carbonyl (C=O) groups is 2. The predicted molar refractivity (Wildman–Crippen MR) is 103 cm³/mol. The van der Waals surface area contributed by atoms with Gasteiger partial charge in [-0.3, -0.25) is 4.79 Å². The van der Waals surface area contributed by atoms with E-state index in [1.807, 2.05) is 13.8 Å². The van der Waals surface area contributed by atoms with Gasteiger partial charge in [0.15, 0.2) is 0 Å². The SMILES string of the molecule is CC(C)COc1ccc(Cl)c(C(=O)Nc2c(Cl)cc(C(=O)O)cc2Cl)c1. The summed E-state index contributed by atoms with van der Waals surface area (Å²) >= 11 is 18.2. The number of hydrogen-bond donors (Lipinski definition) is 2. The first-order valence-corrected chi connectivity index (χ1v) is 8.78. The lowest BCUT2D eigenvalue weighted by Crippen LogP contribution is -2.14. The van der Waals surface area contributed by atoms with E-state index in [-0.39, 0.29) is 31.9 Å². The smallest absolute Gasteiger partial charge is 0.335 e. The van der Waals surface area contributed by atoms with Gasteiger partial charge in [0.1, 0.15) is 5.75 Å². The van der Waals surface area contributed by atoms with Crippen LogP contribution >= 0.6 is 34.8 Å². The van der Waals surface area contributed by atoms with Crippen molar-refractivity contribution in [3.63, 3.8) is 0 Å². The van der Waals surface area contributed by atoms with E-state index < -0.39 is 11.9 Å². The van der Waals surface area contributed by atoms with Crippen molar-refractivity contribution in [3.8, 4) is 5.75 Å². The fraction of sp³-hybridized carbons (Fsp3) is 0.222. The Hall–Kier alpha value is -1.95. The number of aromatic carboxylic acids is 1. The molecule has 0 fully saturated rings. The molecule has 0 aromatic heterocycles. The number of rotatable bonds is 6. The first kappa shape index (κ1) is 20.4. The molecule has 2 aromatic carbocycles. The lowest BCUT2D eigenvalue weighted by atomic mass is 10.1. The van der Waals surface area contributed by atoms with E-state index in [2.05, 4.69) is 5.32 Å². The van der Waals surface area contributed by atoms with E-state index in [0.29, 0.717) is 18.3 Å². The van der Waals surface area contributed by atoms with Gasteiger partial charge in [0.05, 0.1) is 38.5 Å². The molecule has 0 spiro atoms. The second kappa shape index (κ2) is 8.62. The topological polar surface area (TPSA) is 75.6 Å². The molecule has 0 heterocycles. The normalized spacial score (nSPS) is 10.7. The van der Waals surface area contributed by atoms with Gasteiger partial charge in [0.2, 0.25) is 0 Å².